The molecular weight excluding hydrogens is 577 g/mol. The van der Waals surface area contributed by atoms with Gasteiger partial charge in [0.15, 0.2) is 12.1 Å². The smallest absolute Gasteiger partial charge is 0.227 e. The largest absolute Gasteiger partial charge is 0.324 e. The Balaban J connectivity index is 1.25. The third-order valence-corrected chi connectivity index (χ3v) is 8.87. The molecule has 3 aromatic carbocycles. The Kier molecular flexibility index (Phi) is 8.64. The predicted octanol–water partition coefficient (Wildman–Crippen LogP) is 7.54. The molecule has 7 nitrogen and oxygen atoms in total. The van der Waals surface area contributed by atoms with E-state index in [0.717, 1.165) is 43.4 Å². The van der Waals surface area contributed by atoms with Gasteiger partial charge in [-0.2, -0.15) is 0 Å². The maximum Gasteiger partial charge on any atom is 0.227 e. The summed E-state index contributed by atoms with van der Waals surface area (Å²) in [6, 6.07) is 17.7. The predicted molar refractivity (Wildman–Crippen MR) is 172 cm³/mol. The second-order valence-corrected chi connectivity index (χ2v) is 12.1. The number of hydrogen-bond donors (Lipinski definition) is 1. The lowest BCUT2D eigenvalue weighted by Crippen LogP contribution is -2.27. The van der Waals surface area contributed by atoms with Crippen molar-refractivity contribution in [1.29, 1.82) is 0 Å². The topological polar surface area (TPSA) is 87.5 Å². The molecule has 0 saturated heterocycles. The molecule has 0 amide bonds. The van der Waals surface area contributed by atoms with Crippen LogP contribution < -0.4 is 5.32 Å². The standard InChI is InChI=1S/C35H33ClFN5O2/c1-42(2)27-7-3-5-21(11-15-27)34(44)22-9-13-26(14-10-22)40-35-39-19-24-18-38-33(31-23(20-43)6-4-8-30(31)37)29-17-25(36)12-16-28(29)32(24)41-35/h4,6,8-10,12-14,16-17,19-21,27H,3,5,7,11,15,18H2,1-2H3,(H,39,40,41). The maximum atomic E-state index is 15.1. The van der Waals surface area contributed by atoms with Crippen LogP contribution in [0.3, 0.4) is 0 Å². The molecule has 1 aromatic heterocycles. The molecule has 2 heterocycles. The molecule has 1 fully saturated rings. The number of aliphatic imine (C=N–C) groups is 1. The molecule has 2 unspecified atom stereocenters. The Hall–Kier alpha value is -4.27. The van der Waals surface area contributed by atoms with Gasteiger partial charge in [-0.25, -0.2) is 14.4 Å². The number of halogens is 2. The van der Waals surface area contributed by atoms with Gasteiger partial charge in [0.1, 0.15) is 5.82 Å². The number of carbonyl (C=O) groups is 2. The van der Waals surface area contributed by atoms with Crippen LogP contribution in [0.25, 0.3) is 11.3 Å². The molecular formula is C35H33ClFN5O2. The fraction of sp³-hybridized carbons (Fsp3) is 0.286. The zero-order valence-electron chi connectivity index (χ0n) is 24.7. The van der Waals surface area contributed by atoms with Crippen molar-refractivity contribution in [3.05, 3.63) is 106 Å². The lowest BCUT2D eigenvalue weighted by atomic mass is 9.91. The number of Topliss-reactive ketones (excluding diaryl/α,β-unsaturated/α-hetero) is 1. The maximum absolute atomic E-state index is 15.1. The number of rotatable bonds is 7. The van der Waals surface area contributed by atoms with Gasteiger partial charge in [-0.1, -0.05) is 36.2 Å². The van der Waals surface area contributed by atoms with Crippen molar-refractivity contribution >= 4 is 41.0 Å². The van der Waals surface area contributed by atoms with Gasteiger partial charge in [0, 0.05) is 62.2 Å². The van der Waals surface area contributed by atoms with Gasteiger partial charge in [-0.3, -0.25) is 14.6 Å². The Morgan fingerprint density at radius 1 is 1.02 bits per heavy atom. The van der Waals surface area contributed by atoms with E-state index in [-0.39, 0.29) is 29.4 Å². The monoisotopic (exact) mass is 609 g/mol. The summed E-state index contributed by atoms with van der Waals surface area (Å²) in [5.74, 6) is 0.0813. The lowest BCUT2D eigenvalue weighted by Gasteiger charge is -2.22. The van der Waals surface area contributed by atoms with E-state index in [4.69, 9.17) is 21.6 Å². The van der Waals surface area contributed by atoms with Crippen molar-refractivity contribution in [2.75, 3.05) is 19.4 Å². The Morgan fingerprint density at radius 2 is 1.84 bits per heavy atom. The third kappa shape index (κ3) is 6.05. The number of benzene rings is 3. The first-order valence-electron chi connectivity index (χ1n) is 14.8. The van der Waals surface area contributed by atoms with Crippen molar-refractivity contribution in [1.82, 2.24) is 14.9 Å². The first-order chi connectivity index (χ1) is 21.3. The lowest BCUT2D eigenvalue weighted by molar-refractivity contribution is 0.0906. The van der Waals surface area contributed by atoms with Crippen molar-refractivity contribution in [3.63, 3.8) is 0 Å². The molecule has 9 heteroatoms. The highest BCUT2D eigenvalue weighted by molar-refractivity contribution is 6.31. The number of aldehydes is 1. The van der Waals surface area contributed by atoms with Crippen LogP contribution in [0.15, 0.2) is 71.9 Å². The van der Waals surface area contributed by atoms with Crippen molar-refractivity contribution in [2.24, 2.45) is 10.9 Å². The van der Waals surface area contributed by atoms with Gasteiger partial charge in [-0.05, 0) is 82.2 Å². The van der Waals surface area contributed by atoms with Gasteiger partial charge in [0.25, 0.3) is 0 Å². The van der Waals surface area contributed by atoms with E-state index in [1.165, 1.54) is 12.1 Å². The molecule has 1 aliphatic heterocycles. The molecule has 1 N–H and O–H groups in total. The summed E-state index contributed by atoms with van der Waals surface area (Å²) in [5.41, 5.74) is 4.78. The molecule has 224 valence electrons. The normalized spacial score (nSPS) is 18.0. The van der Waals surface area contributed by atoms with Gasteiger partial charge in [0.2, 0.25) is 5.95 Å². The fourth-order valence-corrected chi connectivity index (χ4v) is 6.40. The molecule has 0 radical (unpaired) electrons. The van der Waals surface area contributed by atoms with Crippen LogP contribution in [0.4, 0.5) is 16.0 Å². The number of aromatic nitrogens is 2. The van der Waals surface area contributed by atoms with Crippen molar-refractivity contribution < 1.29 is 14.0 Å². The minimum Gasteiger partial charge on any atom is -0.324 e. The van der Waals surface area contributed by atoms with Gasteiger partial charge in [-0.15, -0.1) is 0 Å². The van der Waals surface area contributed by atoms with Crippen molar-refractivity contribution in [2.45, 2.75) is 44.7 Å². The number of nitrogens with one attached hydrogen (secondary N) is 1. The first kappa shape index (κ1) is 29.8. The molecule has 1 aliphatic carbocycles. The third-order valence-electron chi connectivity index (χ3n) is 8.64. The van der Waals surface area contributed by atoms with E-state index >= 15 is 4.39 Å². The highest BCUT2D eigenvalue weighted by atomic mass is 35.5. The number of ketones is 1. The molecule has 0 spiro atoms. The zero-order chi connectivity index (χ0) is 30.8. The molecule has 44 heavy (non-hydrogen) atoms. The average Bonchev–Trinajstić information content (AvgIpc) is 3.37. The summed E-state index contributed by atoms with van der Waals surface area (Å²) < 4.78 is 15.1. The number of hydrogen-bond acceptors (Lipinski definition) is 7. The van der Waals surface area contributed by atoms with E-state index in [2.05, 4.69) is 29.3 Å². The van der Waals surface area contributed by atoms with E-state index in [9.17, 15) is 9.59 Å². The number of nitrogens with zero attached hydrogens (tertiary/aromatic N) is 4. The van der Waals surface area contributed by atoms with Gasteiger partial charge < -0.3 is 10.2 Å². The van der Waals surface area contributed by atoms with E-state index in [0.29, 0.717) is 51.4 Å². The molecule has 0 bridgehead atoms. The van der Waals surface area contributed by atoms with Crippen LogP contribution >= 0.6 is 11.6 Å². The average molecular weight is 610 g/mol. The molecule has 4 aromatic rings. The van der Waals surface area contributed by atoms with E-state index in [1.54, 1.807) is 24.4 Å². The first-order valence-corrected chi connectivity index (χ1v) is 15.2. The summed E-state index contributed by atoms with van der Waals surface area (Å²) in [6.45, 7) is 0.192. The quantitative estimate of drug-likeness (QED) is 0.132. The van der Waals surface area contributed by atoms with Crippen LogP contribution in [0.5, 0.6) is 0 Å². The molecule has 2 atom stereocenters. The highest BCUT2D eigenvalue weighted by Gasteiger charge is 2.27. The summed E-state index contributed by atoms with van der Waals surface area (Å²) in [4.78, 5) is 41.4. The van der Waals surface area contributed by atoms with E-state index < -0.39 is 5.82 Å². The van der Waals surface area contributed by atoms with Crippen LogP contribution in [0.2, 0.25) is 5.02 Å². The number of carbonyl (C=O) groups excluding carboxylic acids is 2. The zero-order valence-corrected chi connectivity index (χ0v) is 25.4. The number of anilines is 2. The van der Waals surface area contributed by atoms with Gasteiger partial charge in [0.05, 0.1) is 18.0 Å². The fourth-order valence-electron chi connectivity index (χ4n) is 6.23. The second-order valence-electron chi connectivity index (χ2n) is 11.6. The summed E-state index contributed by atoms with van der Waals surface area (Å²) >= 11 is 6.38. The number of fused-ring (bicyclic) bond motifs is 3. The molecule has 2 aliphatic rings. The van der Waals surface area contributed by atoms with Crippen LogP contribution in [0.1, 0.15) is 69.5 Å². The molecule has 6 rings (SSSR count). The van der Waals surface area contributed by atoms with Crippen LogP contribution in [-0.2, 0) is 6.54 Å². The van der Waals surface area contributed by atoms with E-state index in [1.807, 2.05) is 30.3 Å². The summed E-state index contributed by atoms with van der Waals surface area (Å²) in [5, 5.41) is 3.70. The SMILES string of the molecule is CN(C)C1CCCC(C(=O)c2ccc(Nc3ncc4c(n3)-c3ccc(Cl)cc3C(c3c(F)cccc3C=O)=NC4)cc2)CC1. The summed E-state index contributed by atoms with van der Waals surface area (Å²) in [6.07, 6.45) is 7.40. The Morgan fingerprint density at radius 3 is 2.61 bits per heavy atom. The van der Waals surface area contributed by atoms with Gasteiger partial charge >= 0.3 is 0 Å². The van der Waals surface area contributed by atoms with Crippen LogP contribution in [-0.4, -0.2) is 52.8 Å². The highest BCUT2D eigenvalue weighted by Crippen LogP contribution is 2.35. The Labute approximate surface area is 261 Å². The minimum atomic E-state index is -0.544. The second kappa shape index (κ2) is 12.8. The Bertz CT molecular complexity index is 1750. The van der Waals surface area contributed by atoms with Crippen molar-refractivity contribution in [3.8, 4) is 11.3 Å². The van der Waals surface area contributed by atoms with Crippen LogP contribution in [0, 0.1) is 11.7 Å². The summed E-state index contributed by atoms with van der Waals surface area (Å²) in [7, 11) is 4.23. The molecule has 1 saturated carbocycles. The minimum absolute atomic E-state index is 0.0549.